The lowest BCUT2D eigenvalue weighted by atomic mass is 10.6. The normalized spacial score (nSPS) is 9.33. The van der Waals surface area contributed by atoms with Crippen LogP contribution in [0, 0.1) is 0 Å². The molecule has 12 heavy (non-hydrogen) atoms. The molecule has 0 aliphatic rings. The van der Waals surface area contributed by atoms with E-state index in [1.165, 1.54) is 0 Å². The number of nitrogens with two attached hydrogens (primary N) is 2. The third kappa shape index (κ3) is 4.73. The Balaban J connectivity index is 3.84. The molecule has 6 N–H and O–H groups in total. The van der Waals surface area contributed by atoms with Crippen molar-refractivity contribution >= 4 is 24.2 Å². The summed E-state index contributed by atoms with van der Waals surface area (Å²) in [6.07, 6.45) is 0.760. The van der Waals surface area contributed by atoms with E-state index in [4.69, 9.17) is 16.6 Å². The molecule has 0 aromatic heterocycles. The van der Waals surface area contributed by atoms with E-state index in [0.717, 1.165) is 6.34 Å². The number of nitrogens with zero attached hydrogens (tertiary/aromatic N) is 2. The minimum atomic E-state index is -1.62. The Kier molecular flexibility index (Phi) is 3.84. The summed E-state index contributed by atoms with van der Waals surface area (Å²) >= 11 is 0. The average molecular weight is 173 g/mol. The van der Waals surface area contributed by atoms with E-state index < -0.39 is 11.9 Å². The highest BCUT2D eigenvalue weighted by atomic mass is 16.4. The molecule has 0 unspecified atom stereocenters. The zero-order chi connectivity index (χ0) is 9.56. The van der Waals surface area contributed by atoms with E-state index in [2.05, 4.69) is 10.2 Å². The number of rotatable bonds is 2. The lowest BCUT2D eigenvalue weighted by Gasteiger charge is -1.89. The van der Waals surface area contributed by atoms with Crippen molar-refractivity contribution in [2.24, 2.45) is 21.7 Å². The molecule has 0 atom stereocenters. The van der Waals surface area contributed by atoms with Crippen LogP contribution in [0.25, 0.3) is 0 Å². The van der Waals surface area contributed by atoms with Gasteiger partial charge in [-0.2, -0.15) is 0 Å². The fraction of sp³-hybridized carbons (Fsp3) is 0. The van der Waals surface area contributed by atoms with Gasteiger partial charge in [-0.3, -0.25) is 4.79 Å². The van der Waals surface area contributed by atoms with E-state index >= 15 is 0 Å². The first-order chi connectivity index (χ1) is 5.54. The first kappa shape index (κ1) is 9.88. The van der Waals surface area contributed by atoms with Gasteiger partial charge in [0.1, 0.15) is 6.34 Å². The molecule has 0 radical (unpaired) electrons. The van der Waals surface area contributed by atoms with Gasteiger partial charge in [0, 0.05) is 0 Å². The second-order valence-electron chi connectivity index (χ2n) is 1.55. The second kappa shape index (κ2) is 4.66. The quantitative estimate of drug-likeness (QED) is 0.157. The zero-order valence-electron chi connectivity index (χ0n) is 5.89. The standard InChI is InChI=1S/C4H7N5O3/c5-4(6)9-8-1-7-2(10)3(11)12/h1H,(H,11,12)(H4,5,6,9)(H,7,8,10). The molecule has 0 heterocycles. The number of carboxylic acid groups (broad SMARTS) is 1. The number of hydrogen-bond donors (Lipinski definition) is 4. The van der Waals surface area contributed by atoms with Gasteiger partial charge >= 0.3 is 11.9 Å². The van der Waals surface area contributed by atoms with Gasteiger partial charge in [0.05, 0.1) is 0 Å². The molecule has 0 fully saturated rings. The van der Waals surface area contributed by atoms with Crippen LogP contribution in [0.15, 0.2) is 10.2 Å². The maximum Gasteiger partial charge on any atom is 0.394 e. The summed E-state index contributed by atoms with van der Waals surface area (Å²) in [6.45, 7) is 0. The fourth-order valence-corrected chi connectivity index (χ4v) is 0.245. The molecule has 0 saturated heterocycles. The van der Waals surface area contributed by atoms with Crippen molar-refractivity contribution in [2.45, 2.75) is 0 Å². The van der Waals surface area contributed by atoms with E-state index in [-0.39, 0.29) is 5.96 Å². The highest BCUT2D eigenvalue weighted by Gasteiger charge is 2.07. The molecule has 8 heteroatoms. The van der Waals surface area contributed by atoms with Crippen LogP contribution in [0.1, 0.15) is 0 Å². The number of guanidine groups is 1. The Morgan fingerprint density at radius 2 is 2.00 bits per heavy atom. The molecule has 0 aromatic carbocycles. The number of nitrogens with one attached hydrogen (secondary N) is 1. The first-order valence-corrected chi connectivity index (χ1v) is 2.68. The largest absolute Gasteiger partial charge is 0.474 e. The highest BCUT2D eigenvalue weighted by Crippen LogP contribution is 1.66. The summed E-state index contributed by atoms with van der Waals surface area (Å²) in [5.41, 5.74) is 9.71. The van der Waals surface area contributed by atoms with Crippen LogP contribution < -0.4 is 16.8 Å². The summed E-state index contributed by atoms with van der Waals surface area (Å²) in [4.78, 5) is 20.1. The predicted octanol–water partition coefficient (Wildman–Crippen LogP) is -2.60. The van der Waals surface area contributed by atoms with Gasteiger partial charge < -0.3 is 21.9 Å². The third-order valence-electron chi connectivity index (χ3n) is 0.621. The highest BCUT2D eigenvalue weighted by molar-refractivity contribution is 6.33. The third-order valence-corrected chi connectivity index (χ3v) is 0.621. The average Bonchev–Trinajstić information content (AvgIpc) is 1.97. The van der Waals surface area contributed by atoms with Crippen LogP contribution in [0.3, 0.4) is 0 Å². The number of carbonyl (C=O) groups is 2. The molecule has 0 aliphatic carbocycles. The van der Waals surface area contributed by atoms with Crippen molar-refractivity contribution < 1.29 is 14.7 Å². The van der Waals surface area contributed by atoms with Crippen LogP contribution in [0.4, 0.5) is 0 Å². The molecule has 0 saturated carbocycles. The first-order valence-electron chi connectivity index (χ1n) is 2.68. The summed E-state index contributed by atoms with van der Waals surface area (Å²) in [7, 11) is 0. The predicted molar refractivity (Wildman–Crippen MR) is 40.1 cm³/mol. The van der Waals surface area contributed by atoms with Gasteiger partial charge in [-0.1, -0.05) is 0 Å². The Bertz CT molecular complexity index is 241. The Morgan fingerprint density at radius 3 is 2.42 bits per heavy atom. The van der Waals surface area contributed by atoms with E-state index in [9.17, 15) is 9.59 Å². The van der Waals surface area contributed by atoms with Gasteiger partial charge in [-0.05, 0) is 0 Å². The fourth-order valence-electron chi connectivity index (χ4n) is 0.245. The SMILES string of the molecule is NC(N)=NN=CNC(=O)C(=O)O. The van der Waals surface area contributed by atoms with E-state index in [1.807, 2.05) is 0 Å². The Hall–Kier alpha value is -2.12. The smallest absolute Gasteiger partial charge is 0.394 e. The van der Waals surface area contributed by atoms with Crippen molar-refractivity contribution in [1.82, 2.24) is 5.32 Å². The van der Waals surface area contributed by atoms with Crippen molar-refractivity contribution in [2.75, 3.05) is 0 Å². The monoisotopic (exact) mass is 173 g/mol. The molecule has 66 valence electrons. The zero-order valence-corrected chi connectivity index (χ0v) is 5.89. The maximum absolute atomic E-state index is 10.3. The van der Waals surface area contributed by atoms with Crippen molar-refractivity contribution in [3.8, 4) is 0 Å². The van der Waals surface area contributed by atoms with Crippen LogP contribution >= 0.6 is 0 Å². The Labute approximate surface area is 66.9 Å². The topological polar surface area (TPSA) is 143 Å². The molecular weight excluding hydrogens is 166 g/mol. The number of aliphatic carboxylic acids is 1. The number of amides is 1. The molecular formula is C4H7N5O3. The van der Waals surface area contributed by atoms with E-state index in [0.29, 0.717) is 0 Å². The van der Waals surface area contributed by atoms with Crippen LogP contribution in [0.5, 0.6) is 0 Å². The summed E-state index contributed by atoms with van der Waals surface area (Å²) in [6, 6.07) is 0. The van der Waals surface area contributed by atoms with Crippen LogP contribution in [-0.4, -0.2) is 29.3 Å². The minimum absolute atomic E-state index is 0.296. The van der Waals surface area contributed by atoms with Gasteiger partial charge in [-0.15, -0.1) is 10.2 Å². The molecule has 0 aromatic rings. The van der Waals surface area contributed by atoms with Crippen molar-refractivity contribution in [1.29, 1.82) is 0 Å². The van der Waals surface area contributed by atoms with Gasteiger partial charge in [0.25, 0.3) is 0 Å². The number of carboxylic acids is 1. The summed E-state index contributed by atoms with van der Waals surface area (Å²) in [5, 5.41) is 16.0. The minimum Gasteiger partial charge on any atom is -0.474 e. The van der Waals surface area contributed by atoms with Crippen molar-refractivity contribution in [3.63, 3.8) is 0 Å². The molecule has 0 aliphatic heterocycles. The second-order valence-corrected chi connectivity index (χ2v) is 1.55. The van der Waals surface area contributed by atoms with Crippen LogP contribution in [0.2, 0.25) is 0 Å². The number of carbonyl (C=O) groups excluding carboxylic acids is 1. The van der Waals surface area contributed by atoms with Crippen LogP contribution in [-0.2, 0) is 9.59 Å². The molecule has 1 amide bonds. The van der Waals surface area contributed by atoms with Gasteiger partial charge in [0.2, 0.25) is 5.96 Å². The van der Waals surface area contributed by atoms with E-state index in [1.54, 1.807) is 5.32 Å². The van der Waals surface area contributed by atoms with Crippen molar-refractivity contribution in [3.05, 3.63) is 0 Å². The van der Waals surface area contributed by atoms with Gasteiger partial charge in [-0.25, -0.2) is 4.79 Å². The summed E-state index contributed by atoms with van der Waals surface area (Å²) < 4.78 is 0. The summed E-state index contributed by atoms with van der Waals surface area (Å²) in [5.74, 6) is -3.13. The lowest BCUT2D eigenvalue weighted by molar-refractivity contribution is -0.149. The lowest BCUT2D eigenvalue weighted by Crippen LogP contribution is -2.29. The molecule has 8 nitrogen and oxygen atoms in total. The number of hydrogen-bond acceptors (Lipinski definition) is 4. The maximum atomic E-state index is 10.3. The van der Waals surface area contributed by atoms with Gasteiger partial charge in [0.15, 0.2) is 0 Å². The molecule has 0 spiro atoms. The molecule has 0 rings (SSSR count). The molecule has 0 bridgehead atoms. The Morgan fingerprint density at radius 1 is 1.42 bits per heavy atom.